The molecule has 0 amide bonds. The summed E-state index contributed by atoms with van der Waals surface area (Å²) in [6.45, 7) is 1.73. The summed E-state index contributed by atoms with van der Waals surface area (Å²) in [6, 6.07) is 10.6. The van der Waals surface area contributed by atoms with Crippen molar-refractivity contribution in [3.63, 3.8) is 0 Å². The Morgan fingerprint density at radius 2 is 1.74 bits per heavy atom. The minimum atomic E-state index is -3.71. The third-order valence-electron chi connectivity index (χ3n) is 3.43. The summed E-state index contributed by atoms with van der Waals surface area (Å²) in [5.74, 6) is -0.470. The van der Waals surface area contributed by atoms with Crippen molar-refractivity contribution in [3.8, 4) is 0 Å². The number of hydrogen-bond donors (Lipinski definition) is 0. The van der Waals surface area contributed by atoms with Gasteiger partial charge in [0.05, 0.1) is 23.3 Å². The van der Waals surface area contributed by atoms with Gasteiger partial charge in [-0.15, -0.1) is 0 Å². The highest BCUT2D eigenvalue weighted by atomic mass is 35.5. The van der Waals surface area contributed by atoms with E-state index in [1.54, 1.807) is 19.1 Å². The maximum Gasteiger partial charge on any atom is 0.337 e. The minimum absolute atomic E-state index is 0.140. The smallest absolute Gasteiger partial charge is 0.337 e. The van der Waals surface area contributed by atoms with Gasteiger partial charge in [0.25, 0.3) is 10.0 Å². The molecule has 0 aliphatic heterocycles. The predicted octanol–water partition coefficient (Wildman–Crippen LogP) is 3.26. The van der Waals surface area contributed by atoms with Crippen LogP contribution in [0, 0.1) is 6.92 Å². The zero-order valence-corrected chi connectivity index (χ0v) is 14.5. The molecule has 0 heterocycles. The fraction of sp³-hybridized carbons (Fsp3) is 0.188. The van der Waals surface area contributed by atoms with Crippen molar-refractivity contribution in [2.45, 2.75) is 11.8 Å². The highest BCUT2D eigenvalue weighted by Crippen LogP contribution is 2.27. The number of sulfonamides is 1. The number of aryl methyl sites for hydroxylation is 1. The standard InChI is InChI=1S/C16H16ClNO4S/c1-11-10-12(16(19)22-3)4-9-15(11)18(2)23(20,21)14-7-5-13(17)6-8-14/h4-10H,1-3H3. The number of carbonyl (C=O) groups is 1. The number of benzene rings is 2. The first-order chi connectivity index (χ1) is 10.8. The van der Waals surface area contributed by atoms with Crippen molar-refractivity contribution in [3.05, 3.63) is 58.6 Å². The number of ether oxygens (including phenoxy) is 1. The van der Waals surface area contributed by atoms with Crippen LogP contribution in [0.1, 0.15) is 15.9 Å². The van der Waals surface area contributed by atoms with E-state index < -0.39 is 16.0 Å². The van der Waals surface area contributed by atoms with Crippen molar-refractivity contribution < 1.29 is 17.9 Å². The van der Waals surface area contributed by atoms with E-state index in [1.807, 2.05) is 0 Å². The lowest BCUT2D eigenvalue weighted by Gasteiger charge is -2.21. The zero-order chi connectivity index (χ0) is 17.2. The van der Waals surface area contributed by atoms with E-state index in [4.69, 9.17) is 11.6 Å². The van der Waals surface area contributed by atoms with Crippen LogP contribution in [0.5, 0.6) is 0 Å². The molecule has 0 radical (unpaired) electrons. The van der Waals surface area contributed by atoms with E-state index in [0.717, 1.165) is 0 Å². The summed E-state index contributed by atoms with van der Waals surface area (Å²) in [5, 5.41) is 0.463. The summed E-state index contributed by atoms with van der Waals surface area (Å²) < 4.78 is 31.2. The Hall–Kier alpha value is -2.05. The quantitative estimate of drug-likeness (QED) is 0.791. The number of rotatable bonds is 4. The van der Waals surface area contributed by atoms with Crippen LogP contribution >= 0.6 is 11.6 Å². The molecule has 0 aromatic heterocycles. The van der Waals surface area contributed by atoms with Crippen LogP contribution in [0.4, 0.5) is 5.69 Å². The van der Waals surface area contributed by atoms with E-state index in [9.17, 15) is 13.2 Å². The zero-order valence-electron chi connectivity index (χ0n) is 12.9. The largest absolute Gasteiger partial charge is 0.465 e. The second kappa shape index (κ2) is 6.60. The molecule has 0 aliphatic carbocycles. The van der Waals surface area contributed by atoms with Gasteiger partial charge in [0.15, 0.2) is 0 Å². The SMILES string of the molecule is COC(=O)c1ccc(N(C)S(=O)(=O)c2ccc(Cl)cc2)c(C)c1. The number of hydrogen-bond acceptors (Lipinski definition) is 4. The third kappa shape index (κ3) is 3.48. The Morgan fingerprint density at radius 1 is 1.13 bits per heavy atom. The molecule has 2 aromatic carbocycles. The molecule has 0 bridgehead atoms. The number of carbonyl (C=O) groups excluding carboxylic acids is 1. The number of anilines is 1. The van der Waals surface area contributed by atoms with E-state index in [2.05, 4.69) is 4.74 Å². The summed E-state index contributed by atoms with van der Waals surface area (Å²) in [7, 11) is -0.955. The van der Waals surface area contributed by atoms with Crippen molar-refractivity contribution in [2.24, 2.45) is 0 Å². The first kappa shape index (κ1) is 17.3. The monoisotopic (exact) mass is 353 g/mol. The average molecular weight is 354 g/mol. The first-order valence-electron chi connectivity index (χ1n) is 6.71. The van der Waals surface area contributed by atoms with Gasteiger partial charge in [0, 0.05) is 12.1 Å². The second-order valence-electron chi connectivity index (χ2n) is 4.92. The highest BCUT2D eigenvalue weighted by Gasteiger charge is 2.23. The molecule has 122 valence electrons. The summed E-state index contributed by atoms with van der Waals surface area (Å²) in [5.41, 5.74) is 1.49. The number of esters is 1. The van der Waals surface area contributed by atoms with Crippen molar-refractivity contribution >= 4 is 33.3 Å². The Morgan fingerprint density at radius 3 is 2.26 bits per heavy atom. The third-order valence-corrected chi connectivity index (χ3v) is 5.47. The summed E-state index contributed by atoms with van der Waals surface area (Å²) >= 11 is 5.79. The van der Waals surface area contributed by atoms with Crippen LogP contribution in [0.15, 0.2) is 47.4 Å². The molecule has 0 saturated carbocycles. The van der Waals surface area contributed by atoms with Gasteiger partial charge in [-0.05, 0) is 55.0 Å². The lowest BCUT2D eigenvalue weighted by Crippen LogP contribution is -2.27. The van der Waals surface area contributed by atoms with Crippen molar-refractivity contribution in [2.75, 3.05) is 18.5 Å². The van der Waals surface area contributed by atoms with Gasteiger partial charge >= 0.3 is 5.97 Å². The number of halogens is 1. The van der Waals surface area contributed by atoms with Crippen LogP contribution in [0.2, 0.25) is 5.02 Å². The first-order valence-corrected chi connectivity index (χ1v) is 8.52. The average Bonchev–Trinajstić information content (AvgIpc) is 2.53. The molecule has 0 fully saturated rings. The van der Waals surface area contributed by atoms with Crippen LogP contribution in [0.3, 0.4) is 0 Å². The molecular formula is C16H16ClNO4S. The van der Waals surface area contributed by atoms with Crippen molar-refractivity contribution in [1.29, 1.82) is 0 Å². The molecule has 0 unspecified atom stereocenters. The molecule has 2 rings (SSSR count). The van der Waals surface area contributed by atoms with Gasteiger partial charge < -0.3 is 4.74 Å². The molecule has 0 saturated heterocycles. The second-order valence-corrected chi connectivity index (χ2v) is 7.32. The predicted molar refractivity (Wildman–Crippen MR) is 89.6 cm³/mol. The maximum absolute atomic E-state index is 12.7. The molecule has 5 nitrogen and oxygen atoms in total. The van der Waals surface area contributed by atoms with Gasteiger partial charge in [0.1, 0.15) is 0 Å². The van der Waals surface area contributed by atoms with Gasteiger partial charge in [0.2, 0.25) is 0 Å². The fourth-order valence-electron chi connectivity index (χ4n) is 2.15. The van der Waals surface area contributed by atoms with Crippen LogP contribution in [-0.2, 0) is 14.8 Å². The lowest BCUT2D eigenvalue weighted by atomic mass is 10.1. The van der Waals surface area contributed by atoms with Gasteiger partial charge in [-0.25, -0.2) is 13.2 Å². The van der Waals surface area contributed by atoms with E-state index in [1.165, 1.54) is 48.8 Å². The molecule has 23 heavy (non-hydrogen) atoms. The lowest BCUT2D eigenvalue weighted by molar-refractivity contribution is 0.0600. The fourth-order valence-corrected chi connectivity index (χ4v) is 3.53. The molecule has 7 heteroatoms. The van der Waals surface area contributed by atoms with E-state index >= 15 is 0 Å². The minimum Gasteiger partial charge on any atom is -0.465 e. The van der Waals surface area contributed by atoms with E-state index in [-0.39, 0.29) is 4.90 Å². The Labute approximate surface area is 140 Å². The van der Waals surface area contributed by atoms with Gasteiger partial charge in [-0.3, -0.25) is 4.31 Å². The molecule has 2 aromatic rings. The summed E-state index contributed by atoms with van der Waals surface area (Å²) in [6.07, 6.45) is 0. The molecular weight excluding hydrogens is 338 g/mol. The summed E-state index contributed by atoms with van der Waals surface area (Å²) in [4.78, 5) is 11.7. The topological polar surface area (TPSA) is 63.7 Å². The Bertz CT molecular complexity index is 832. The normalized spacial score (nSPS) is 11.1. The number of methoxy groups -OCH3 is 1. The van der Waals surface area contributed by atoms with Gasteiger partial charge in [-0.2, -0.15) is 0 Å². The number of nitrogens with zero attached hydrogens (tertiary/aromatic N) is 1. The molecule has 0 atom stereocenters. The molecule has 0 spiro atoms. The van der Waals surface area contributed by atoms with Crippen LogP contribution < -0.4 is 4.31 Å². The molecule has 0 N–H and O–H groups in total. The molecule has 0 aliphatic rings. The van der Waals surface area contributed by atoms with Gasteiger partial charge in [-0.1, -0.05) is 11.6 Å². The Kier molecular flexibility index (Phi) is 4.97. The highest BCUT2D eigenvalue weighted by molar-refractivity contribution is 7.92. The maximum atomic E-state index is 12.7. The van der Waals surface area contributed by atoms with Crippen LogP contribution in [0.25, 0.3) is 0 Å². The van der Waals surface area contributed by atoms with E-state index in [0.29, 0.717) is 21.8 Å². The van der Waals surface area contributed by atoms with Crippen molar-refractivity contribution in [1.82, 2.24) is 0 Å². The van der Waals surface area contributed by atoms with Crippen LogP contribution in [-0.4, -0.2) is 28.5 Å². The Balaban J connectivity index is 2.41.